The van der Waals surface area contributed by atoms with Gasteiger partial charge in [-0.25, -0.2) is 18.1 Å². The molecule has 3 aromatic rings. The normalized spacial score (nSPS) is 11.5. The van der Waals surface area contributed by atoms with Crippen molar-refractivity contribution in [2.24, 2.45) is 0 Å². The molecule has 0 radical (unpaired) electrons. The smallest absolute Gasteiger partial charge is 0.240 e. The minimum absolute atomic E-state index is 0.276. The first-order chi connectivity index (χ1) is 12.5. The zero-order valence-corrected chi connectivity index (χ0v) is 16.2. The van der Waals surface area contributed by atoms with Crippen molar-refractivity contribution in [3.05, 3.63) is 65.2 Å². The van der Waals surface area contributed by atoms with Crippen LogP contribution in [0.2, 0.25) is 0 Å². The molecule has 0 saturated heterocycles. The summed E-state index contributed by atoms with van der Waals surface area (Å²) in [6.07, 6.45) is 0.533. The number of aromatic nitrogens is 1. The molecule has 26 heavy (non-hydrogen) atoms. The standard InChI is InChI=1S/C19H20N2O3S2/c1-14-6-8-18(9-7-14)26(22,23)20-11-10-16-13-25-19(21-16)15-4-3-5-17(12-15)24-2/h3-9,12-13,20H,10-11H2,1-2H3. The summed E-state index contributed by atoms with van der Waals surface area (Å²) < 4.78 is 32.4. The van der Waals surface area contributed by atoms with Gasteiger partial charge in [0.1, 0.15) is 10.8 Å². The second kappa shape index (κ2) is 7.99. The van der Waals surface area contributed by atoms with Gasteiger partial charge in [-0.05, 0) is 31.2 Å². The lowest BCUT2D eigenvalue weighted by Gasteiger charge is -2.06. The van der Waals surface area contributed by atoms with E-state index in [2.05, 4.69) is 9.71 Å². The van der Waals surface area contributed by atoms with Gasteiger partial charge in [-0.3, -0.25) is 0 Å². The molecule has 7 heteroatoms. The van der Waals surface area contributed by atoms with Crippen molar-refractivity contribution >= 4 is 21.4 Å². The Morgan fingerprint density at radius 2 is 1.92 bits per heavy atom. The summed E-state index contributed by atoms with van der Waals surface area (Å²) in [4.78, 5) is 4.86. The predicted octanol–water partition coefficient (Wildman–Crippen LogP) is 3.65. The van der Waals surface area contributed by atoms with Crippen LogP contribution in [0.4, 0.5) is 0 Å². The van der Waals surface area contributed by atoms with Gasteiger partial charge in [0, 0.05) is 23.9 Å². The third-order valence-corrected chi connectivity index (χ3v) is 6.29. The molecule has 5 nitrogen and oxygen atoms in total. The van der Waals surface area contributed by atoms with Crippen LogP contribution in [0.1, 0.15) is 11.3 Å². The van der Waals surface area contributed by atoms with E-state index in [-0.39, 0.29) is 4.90 Å². The number of methoxy groups -OCH3 is 1. The number of sulfonamides is 1. The fraction of sp³-hybridized carbons (Fsp3) is 0.211. The molecule has 0 aliphatic heterocycles. The van der Waals surface area contributed by atoms with E-state index < -0.39 is 10.0 Å². The van der Waals surface area contributed by atoms with E-state index in [1.54, 1.807) is 31.4 Å². The van der Waals surface area contributed by atoms with E-state index in [1.807, 2.05) is 36.6 Å². The molecular formula is C19H20N2O3S2. The van der Waals surface area contributed by atoms with E-state index in [0.717, 1.165) is 27.6 Å². The van der Waals surface area contributed by atoms with Crippen LogP contribution in [-0.2, 0) is 16.4 Å². The van der Waals surface area contributed by atoms with E-state index in [0.29, 0.717) is 13.0 Å². The quantitative estimate of drug-likeness (QED) is 0.671. The first kappa shape index (κ1) is 18.6. The van der Waals surface area contributed by atoms with Crippen molar-refractivity contribution in [1.29, 1.82) is 0 Å². The summed E-state index contributed by atoms with van der Waals surface area (Å²) in [5, 5.41) is 2.84. The van der Waals surface area contributed by atoms with Crippen LogP contribution in [0, 0.1) is 6.92 Å². The molecule has 0 aliphatic carbocycles. The molecule has 0 amide bonds. The van der Waals surface area contributed by atoms with Crippen LogP contribution < -0.4 is 9.46 Å². The first-order valence-corrected chi connectivity index (χ1v) is 10.5. The maximum Gasteiger partial charge on any atom is 0.240 e. The summed E-state index contributed by atoms with van der Waals surface area (Å²) in [7, 11) is -1.86. The van der Waals surface area contributed by atoms with Crippen LogP contribution in [0.25, 0.3) is 10.6 Å². The molecule has 0 bridgehead atoms. The number of nitrogens with one attached hydrogen (secondary N) is 1. The molecule has 1 N–H and O–H groups in total. The largest absolute Gasteiger partial charge is 0.497 e. The van der Waals surface area contributed by atoms with Gasteiger partial charge in [0.05, 0.1) is 17.7 Å². The first-order valence-electron chi connectivity index (χ1n) is 8.13. The SMILES string of the molecule is COc1cccc(-c2nc(CCNS(=O)(=O)c3ccc(C)cc3)cs2)c1. The van der Waals surface area contributed by atoms with Crippen molar-refractivity contribution in [1.82, 2.24) is 9.71 Å². The van der Waals surface area contributed by atoms with Crippen molar-refractivity contribution in [3.63, 3.8) is 0 Å². The highest BCUT2D eigenvalue weighted by Crippen LogP contribution is 2.26. The van der Waals surface area contributed by atoms with Gasteiger partial charge < -0.3 is 4.74 Å². The molecule has 0 spiro atoms. The van der Waals surface area contributed by atoms with Gasteiger partial charge in [0.2, 0.25) is 10.0 Å². The number of aryl methyl sites for hydroxylation is 1. The monoisotopic (exact) mass is 388 g/mol. The van der Waals surface area contributed by atoms with E-state index in [4.69, 9.17) is 4.74 Å². The second-order valence-corrected chi connectivity index (χ2v) is 8.46. The van der Waals surface area contributed by atoms with Crippen molar-refractivity contribution in [2.75, 3.05) is 13.7 Å². The van der Waals surface area contributed by atoms with Crippen LogP contribution in [-0.4, -0.2) is 27.1 Å². The lowest BCUT2D eigenvalue weighted by Crippen LogP contribution is -2.26. The number of rotatable bonds is 7. The van der Waals surface area contributed by atoms with Crippen LogP contribution in [0.5, 0.6) is 5.75 Å². The van der Waals surface area contributed by atoms with Gasteiger partial charge >= 0.3 is 0 Å². The third kappa shape index (κ3) is 4.49. The molecule has 2 aromatic carbocycles. The molecule has 1 aromatic heterocycles. The molecular weight excluding hydrogens is 368 g/mol. The summed E-state index contributed by atoms with van der Waals surface area (Å²) in [5.74, 6) is 0.783. The summed E-state index contributed by atoms with van der Waals surface area (Å²) in [5.41, 5.74) is 2.87. The number of ether oxygens (including phenoxy) is 1. The van der Waals surface area contributed by atoms with Crippen LogP contribution in [0.15, 0.2) is 58.8 Å². The fourth-order valence-electron chi connectivity index (χ4n) is 2.42. The number of benzene rings is 2. The Morgan fingerprint density at radius 3 is 2.65 bits per heavy atom. The number of hydrogen-bond acceptors (Lipinski definition) is 5. The zero-order valence-electron chi connectivity index (χ0n) is 14.6. The molecule has 3 rings (SSSR count). The Balaban J connectivity index is 1.62. The number of nitrogens with zero attached hydrogens (tertiary/aromatic N) is 1. The Bertz CT molecular complexity index is 980. The third-order valence-electron chi connectivity index (χ3n) is 3.87. The molecule has 0 unspecified atom stereocenters. The Labute approximate surface area is 157 Å². The molecule has 0 saturated carbocycles. The molecule has 1 heterocycles. The van der Waals surface area contributed by atoms with Crippen molar-refractivity contribution in [2.45, 2.75) is 18.2 Å². The zero-order chi connectivity index (χ0) is 18.6. The molecule has 136 valence electrons. The van der Waals surface area contributed by atoms with Crippen molar-refractivity contribution in [3.8, 4) is 16.3 Å². The van der Waals surface area contributed by atoms with Crippen LogP contribution in [0.3, 0.4) is 0 Å². The lowest BCUT2D eigenvalue weighted by atomic mass is 10.2. The van der Waals surface area contributed by atoms with Crippen molar-refractivity contribution < 1.29 is 13.2 Å². The van der Waals surface area contributed by atoms with E-state index in [9.17, 15) is 8.42 Å². The minimum Gasteiger partial charge on any atom is -0.497 e. The van der Waals surface area contributed by atoms with E-state index in [1.165, 1.54) is 11.3 Å². The molecule has 0 fully saturated rings. The number of thiazole rings is 1. The van der Waals surface area contributed by atoms with Gasteiger partial charge in [-0.15, -0.1) is 11.3 Å². The van der Waals surface area contributed by atoms with Crippen LogP contribution >= 0.6 is 11.3 Å². The summed E-state index contributed by atoms with van der Waals surface area (Å²) in [6.45, 7) is 2.23. The molecule has 0 atom stereocenters. The summed E-state index contributed by atoms with van der Waals surface area (Å²) in [6, 6.07) is 14.5. The summed E-state index contributed by atoms with van der Waals surface area (Å²) >= 11 is 1.53. The molecule has 0 aliphatic rings. The van der Waals surface area contributed by atoms with Gasteiger partial charge in [-0.1, -0.05) is 29.8 Å². The topological polar surface area (TPSA) is 68.3 Å². The predicted molar refractivity (Wildman–Crippen MR) is 104 cm³/mol. The fourth-order valence-corrected chi connectivity index (χ4v) is 4.31. The minimum atomic E-state index is -3.49. The highest BCUT2D eigenvalue weighted by molar-refractivity contribution is 7.89. The Hall–Kier alpha value is -2.22. The Kier molecular flexibility index (Phi) is 5.70. The van der Waals surface area contributed by atoms with Gasteiger partial charge in [0.15, 0.2) is 0 Å². The maximum absolute atomic E-state index is 12.3. The van der Waals surface area contributed by atoms with E-state index >= 15 is 0 Å². The highest BCUT2D eigenvalue weighted by Gasteiger charge is 2.13. The maximum atomic E-state index is 12.3. The van der Waals surface area contributed by atoms with Gasteiger partial charge in [0.25, 0.3) is 0 Å². The second-order valence-electron chi connectivity index (χ2n) is 5.84. The van der Waals surface area contributed by atoms with Gasteiger partial charge in [-0.2, -0.15) is 0 Å². The lowest BCUT2D eigenvalue weighted by molar-refractivity contribution is 0.415. The Morgan fingerprint density at radius 1 is 1.15 bits per heavy atom. The number of hydrogen-bond donors (Lipinski definition) is 1. The average molecular weight is 389 g/mol. The highest BCUT2D eigenvalue weighted by atomic mass is 32.2. The average Bonchev–Trinajstić information content (AvgIpc) is 3.11.